The maximum atomic E-state index is 13.4. The molecule has 2 aromatic rings. The average molecular weight is 466 g/mol. The molecule has 10 heteroatoms. The topological polar surface area (TPSA) is 109 Å². The molecule has 2 aliphatic heterocycles. The van der Waals surface area contributed by atoms with Gasteiger partial charge in [0.15, 0.2) is 11.5 Å². The number of likely N-dealkylation sites (N-methyl/N-ethyl adjacent to an activating group) is 1. The van der Waals surface area contributed by atoms with Crippen molar-refractivity contribution in [3.8, 4) is 17.2 Å². The molecule has 0 radical (unpaired) electrons. The third-order valence-electron chi connectivity index (χ3n) is 5.89. The lowest BCUT2D eigenvalue weighted by Gasteiger charge is -2.31. The van der Waals surface area contributed by atoms with E-state index in [0.29, 0.717) is 39.8 Å². The summed E-state index contributed by atoms with van der Waals surface area (Å²) in [5, 5.41) is 5.65. The molecule has 0 bridgehead atoms. The Bertz CT molecular complexity index is 1160. The first-order valence-corrected chi connectivity index (χ1v) is 10.6. The van der Waals surface area contributed by atoms with Crippen LogP contribution in [0.4, 0.5) is 10.5 Å². The van der Waals surface area contributed by atoms with Crippen LogP contribution in [-0.4, -0.2) is 69.1 Å². The molecular weight excluding hydrogens is 440 g/mol. The Morgan fingerprint density at radius 2 is 1.79 bits per heavy atom. The van der Waals surface area contributed by atoms with Gasteiger partial charge in [0.05, 0.1) is 45.2 Å². The Balaban J connectivity index is 1.58. The van der Waals surface area contributed by atoms with E-state index < -0.39 is 6.04 Å². The second kappa shape index (κ2) is 9.34. The Morgan fingerprint density at radius 3 is 2.44 bits per heavy atom. The largest absolute Gasteiger partial charge is 0.497 e. The Labute approximate surface area is 197 Å². The van der Waals surface area contributed by atoms with Crippen molar-refractivity contribution in [2.75, 3.05) is 46.8 Å². The van der Waals surface area contributed by atoms with Gasteiger partial charge >= 0.3 is 6.03 Å². The first-order valence-electron chi connectivity index (χ1n) is 10.6. The maximum absolute atomic E-state index is 13.4. The fourth-order valence-electron chi connectivity index (χ4n) is 4.17. The Kier molecular flexibility index (Phi) is 6.31. The van der Waals surface area contributed by atoms with E-state index in [2.05, 4.69) is 10.6 Å². The van der Waals surface area contributed by atoms with E-state index in [-0.39, 0.29) is 30.9 Å². The number of urea groups is 1. The lowest BCUT2D eigenvalue weighted by atomic mass is 9.94. The summed E-state index contributed by atoms with van der Waals surface area (Å²) in [6, 6.07) is 11.1. The number of anilines is 1. The van der Waals surface area contributed by atoms with Gasteiger partial charge in [-0.25, -0.2) is 4.79 Å². The van der Waals surface area contributed by atoms with Gasteiger partial charge in [0.1, 0.15) is 12.3 Å². The monoisotopic (exact) mass is 466 g/mol. The number of hydrogen-bond acceptors (Lipinski definition) is 6. The van der Waals surface area contributed by atoms with Gasteiger partial charge in [-0.3, -0.25) is 14.5 Å². The highest BCUT2D eigenvalue weighted by Gasteiger charge is 2.44. The second-order valence-electron chi connectivity index (χ2n) is 7.82. The highest BCUT2D eigenvalue weighted by atomic mass is 16.5. The highest BCUT2D eigenvalue weighted by Crippen LogP contribution is 2.42. The summed E-state index contributed by atoms with van der Waals surface area (Å²) in [6.07, 6.45) is 0. The molecule has 4 amide bonds. The summed E-state index contributed by atoms with van der Waals surface area (Å²) in [5.74, 6) is 0.896. The molecule has 2 heterocycles. The van der Waals surface area contributed by atoms with Crippen LogP contribution < -0.4 is 24.8 Å². The van der Waals surface area contributed by atoms with E-state index in [0.717, 1.165) is 0 Å². The molecular formula is C24H26N4O6. The molecule has 2 aromatic carbocycles. The number of methoxy groups -OCH3 is 3. The molecule has 2 N–H and O–H groups in total. The number of ether oxygens (including phenoxy) is 3. The summed E-state index contributed by atoms with van der Waals surface area (Å²) in [6.45, 7) is -0.0290. The molecule has 10 nitrogen and oxygen atoms in total. The summed E-state index contributed by atoms with van der Waals surface area (Å²) >= 11 is 0. The average Bonchev–Trinajstić information content (AvgIpc) is 3.17. The molecule has 1 atom stereocenters. The van der Waals surface area contributed by atoms with Crippen molar-refractivity contribution >= 4 is 23.5 Å². The van der Waals surface area contributed by atoms with Crippen LogP contribution in [0.15, 0.2) is 53.7 Å². The van der Waals surface area contributed by atoms with Crippen molar-refractivity contribution in [1.82, 2.24) is 15.1 Å². The van der Waals surface area contributed by atoms with Gasteiger partial charge in [0.2, 0.25) is 5.91 Å². The third kappa shape index (κ3) is 4.09. The maximum Gasteiger partial charge on any atom is 0.322 e. The minimum Gasteiger partial charge on any atom is -0.497 e. The lowest BCUT2D eigenvalue weighted by Crippen LogP contribution is -2.45. The van der Waals surface area contributed by atoms with Gasteiger partial charge in [0.25, 0.3) is 5.91 Å². The number of benzene rings is 2. The van der Waals surface area contributed by atoms with E-state index >= 15 is 0 Å². The van der Waals surface area contributed by atoms with Gasteiger partial charge in [0, 0.05) is 18.3 Å². The molecule has 2 aliphatic rings. The molecule has 0 spiro atoms. The number of nitrogens with zero attached hydrogens (tertiary/aromatic N) is 2. The minimum atomic E-state index is -0.745. The summed E-state index contributed by atoms with van der Waals surface area (Å²) < 4.78 is 16.0. The molecule has 0 saturated carbocycles. The van der Waals surface area contributed by atoms with Crippen LogP contribution in [0.3, 0.4) is 0 Å². The Hall–Kier alpha value is -4.21. The predicted molar refractivity (Wildman–Crippen MR) is 124 cm³/mol. The van der Waals surface area contributed by atoms with Crippen molar-refractivity contribution in [2.45, 2.75) is 6.04 Å². The number of rotatable bonds is 7. The van der Waals surface area contributed by atoms with Crippen molar-refractivity contribution < 1.29 is 28.6 Å². The van der Waals surface area contributed by atoms with Gasteiger partial charge in [-0.05, 0) is 30.3 Å². The molecule has 0 aromatic heterocycles. The number of nitrogens with one attached hydrogen (secondary N) is 2. The fraction of sp³-hybridized carbons (Fsp3) is 0.292. The lowest BCUT2D eigenvalue weighted by molar-refractivity contribution is -0.130. The minimum absolute atomic E-state index is 0.136. The van der Waals surface area contributed by atoms with Crippen LogP contribution in [-0.2, 0) is 9.59 Å². The number of para-hydroxylation sites is 1. The van der Waals surface area contributed by atoms with Crippen LogP contribution in [0.1, 0.15) is 11.6 Å². The van der Waals surface area contributed by atoms with E-state index in [4.69, 9.17) is 14.2 Å². The van der Waals surface area contributed by atoms with E-state index in [1.807, 2.05) is 0 Å². The number of hydrogen-bond donors (Lipinski definition) is 2. The standard InChI is InChI=1S/C24H26N4O6/c1-27-17-12-28(13-19(29)25-14-8-10-15(32-2)11-9-14)23(30)20(17)21(26-24(27)31)16-6-5-7-18(33-3)22(16)34-4/h5-11,21H,12-13H2,1-4H3,(H,25,29)(H,26,31)/t21-/m1/s1. The molecule has 0 saturated heterocycles. The molecule has 178 valence electrons. The Morgan fingerprint density at radius 1 is 1.06 bits per heavy atom. The SMILES string of the molecule is COc1ccc(NC(=O)CN2CC3=C(C2=O)[C@@H](c2cccc(OC)c2OC)NC(=O)N3C)cc1. The normalized spacial score (nSPS) is 17.4. The molecule has 0 unspecified atom stereocenters. The van der Waals surface area contributed by atoms with Crippen LogP contribution in [0.25, 0.3) is 0 Å². The van der Waals surface area contributed by atoms with Crippen LogP contribution in [0.2, 0.25) is 0 Å². The van der Waals surface area contributed by atoms with E-state index in [1.54, 1.807) is 56.6 Å². The zero-order valence-corrected chi connectivity index (χ0v) is 19.4. The zero-order chi connectivity index (χ0) is 24.4. The molecule has 0 aliphatic carbocycles. The second-order valence-corrected chi connectivity index (χ2v) is 7.82. The van der Waals surface area contributed by atoms with Crippen molar-refractivity contribution in [3.63, 3.8) is 0 Å². The first kappa shape index (κ1) is 23.0. The summed E-state index contributed by atoms with van der Waals surface area (Å²) in [7, 11) is 6.17. The number of carbonyl (C=O) groups is 3. The van der Waals surface area contributed by atoms with E-state index in [9.17, 15) is 14.4 Å². The van der Waals surface area contributed by atoms with Gasteiger partial charge in [-0.1, -0.05) is 12.1 Å². The zero-order valence-electron chi connectivity index (χ0n) is 19.4. The van der Waals surface area contributed by atoms with Gasteiger partial charge in [-0.15, -0.1) is 0 Å². The van der Waals surface area contributed by atoms with Crippen molar-refractivity contribution in [1.29, 1.82) is 0 Å². The number of amides is 4. The van der Waals surface area contributed by atoms with Gasteiger partial charge < -0.3 is 29.7 Å². The number of carbonyl (C=O) groups excluding carboxylic acids is 3. The molecule has 4 rings (SSSR count). The quantitative estimate of drug-likeness (QED) is 0.647. The van der Waals surface area contributed by atoms with E-state index in [1.165, 1.54) is 24.0 Å². The van der Waals surface area contributed by atoms with Crippen LogP contribution >= 0.6 is 0 Å². The summed E-state index contributed by atoms with van der Waals surface area (Å²) in [4.78, 5) is 41.6. The van der Waals surface area contributed by atoms with Crippen molar-refractivity contribution in [2.24, 2.45) is 0 Å². The molecule has 0 fully saturated rings. The first-order chi connectivity index (χ1) is 16.4. The molecule has 34 heavy (non-hydrogen) atoms. The van der Waals surface area contributed by atoms with Crippen LogP contribution in [0.5, 0.6) is 17.2 Å². The van der Waals surface area contributed by atoms with Gasteiger partial charge in [-0.2, -0.15) is 0 Å². The predicted octanol–water partition coefficient (Wildman–Crippen LogP) is 2.14. The van der Waals surface area contributed by atoms with Crippen molar-refractivity contribution in [3.05, 3.63) is 59.3 Å². The van der Waals surface area contributed by atoms with Crippen LogP contribution in [0, 0.1) is 0 Å². The fourth-order valence-corrected chi connectivity index (χ4v) is 4.17. The highest BCUT2D eigenvalue weighted by molar-refractivity contribution is 6.04. The third-order valence-corrected chi connectivity index (χ3v) is 5.89. The smallest absolute Gasteiger partial charge is 0.322 e. The summed E-state index contributed by atoms with van der Waals surface area (Å²) in [5.41, 5.74) is 2.11.